The van der Waals surface area contributed by atoms with Crippen molar-refractivity contribution >= 4 is 17.7 Å². The van der Waals surface area contributed by atoms with Crippen molar-refractivity contribution < 1.29 is 14.4 Å². The van der Waals surface area contributed by atoms with Crippen molar-refractivity contribution in [2.75, 3.05) is 6.54 Å². The molecule has 2 aliphatic rings. The Balaban J connectivity index is 1.87. The Kier molecular flexibility index (Phi) is 5.65. The lowest BCUT2D eigenvalue weighted by Crippen LogP contribution is -2.45. The summed E-state index contributed by atoms with van der Waals surface area (Å²) in [5.74, 6) is 0.275. The summed E-state index contributed by atoms with van der Waals surface area (Å²) < 4.78 is 0. The fourth-order valence-corrected chi connectivity index (χ4v) is 3.89. The molecule has 0 bridgehead atoms. The van der Waals surface area contributed by atoms with E-state index in [4.69, 9.17) is 0 Å². The van der Waals surface area contributed by atoms with Gasteiger partial charge in [-0.25, -0.2) is 0 Å². The molecule has 1 N–H and O–H groups in total. The second-order valence-electron chi connectivity index (χ2n) is 9.92. The largest absolute Gasteiger partial charge is 0.351 e. The summed E-state index contributed by atoms with van der Waals surface area (Å²) in [6.45, 7) is 12.6. The van der Waals surface area contributed by atoms with Crippen molar-refractivity contribution in [2.24, 2.45) is 23.2 Å². The number of nitrogens with one attached hydrogen (secondary N) is 1. The van der Waals surface area contributed by atoms with Gasteiger partial charge in [0.25, 0.3) is 0 Å². The second-order valence-corrected chi connectivity index (χ2v) is 9.92. The van der Waals surface area contributed by atoms with E-state index < -0.39 is 0 Å². The van der Waals surface area contributed by atoms with Gasteiger partial charge in [0.05, 0.1) is 5.92 Å². The Bertz CT molecular complexity index is 534. The molecule has 0 radical (unpaired) electrons. The summed E-state index contributed by atoms with van der Waals surface area (Å²) in [5.41, 5.74) is -0.380. The van der Waals surface area contributed by atoms with Gasteiger partial charge >= 0.3 is 0 Å². The molecule has 5 nitrogen and oxygen atoms in total. The molecule has 1 heterocycles. The third-order valence-electron chi connectivity index (χ3n) is 5.45. The molecule has 25 heavy (non-hydrogen) atoms. The fraction of sp³-hybridized carbons (Fsp3) is 0.850. The topological polar surface area (TPSA) is 66.5 Å². The van der Waals surface area contributed by atoms with Gasteiger partial charge in [-0.05, 0) is 57.8 Å². The predicted octanol–water partition coefficient (Wildman–Crippen LogP) is 3.13. The van der Waals surface area contributed by atoms with E-state index in [1.165, 1.54) is 4.90 Å². The van der Waals surface area contributed by atoms with Gasteiger partial charge in [0.2, 0.25) is 17.7 Å². The fourth-order valence-electron chi connectivity index (χ4n) is 3.89. The van der Waals surface area contributed by atoms with Crippen molar-refractivity contribution in [2.45, 2.75) is 79.2 Å². The number of carbonyl (C=O) groups is 3. The number of imide groups is 1. The first-order valence-electron chi connectivity index (χ1n) is 9.54. The van der Waals surface area contributed by atoms with E-state index >= 15 is 0 Å². The molecule has 2 rings (SSSR count). The maximum Gasteiger partial charge on any atom is 0.233 e. The number of hydrogen-bond acceptors (Lipinski definition) is 3. The Hall–Kier alpha value is -1.39. The highest BCUT2D eigenvalue weighted by Gasteiger charge is 2.45. The van der Waals surface area contributed by atoms with E-state index in [1.54, 1.807) is 0 Å². The summed E-state index contributed by atoms with van der Waals surface area (Å²) in [4.78, 5) is 38.7. The molecule has 1 aliphatic carbocycles. The van der Waals surface area contributed by atoms with Crippen LogP contribution >= 0.6 is 0 Å². The van der Waals surface area contributed by atoms with Crippen LogP contribution in [0.3, 0.4) is 0 Å². The van der Waals surface area contributed by atoms with Crippen LogP contribution in [0.4, 0.5) is 0 Å². The van der Waals surface area contributed by atoms with Crippen LogP contribution in [0.1, 0.15) is 73.6 Å². The molecule has 0 aromatic rings. The molecule has 1 saturated carbocycles. The highest BCUT2D eigenvalue weighted by molar-refractivity contribution is 6.03. The number of likely N-dealkylation sites (tertiary alicyclic amines) is 1. The Morgan fingerprint density at radius 3 is 2.04 bits per heavy atom. The highest BCUT2D eigenvalue weighted by Crippen LogP contribution is 2.37. The van der Waals surface area contributed by atoms with Gasteiger partial charge < -0.3 is 5.32 Å². The van der Waals surface area contributed by atoms with Gasteiger partial charge in [0.15, 0.2) is 0 Å². The van der Waals surface area contributed by atoms with Gasteiger partial charge in [-0.1, -0.05) is 20.8 Å². The van der Waals surface area contributed by atoms with E-state index in [1.807, 2.05) is 41.5 Å². The molecule has 2 fully saturated rings. The third-order valence-corrected chi connectivity index (χ3v) is 5.45. The molecular weight excluding hydrogens is 316 g/mol. The van der Waals surface area contributed by atoms with Crippen LogP contribution in [0.2, 0.25) is 0 Å². The molecule has 0 aromatic carbocycles. The first kappa shape index (κ1) is 19.9. The van der Waals surface area contributed by atoms with Crippen molar-refractivity contribution in [3.05, 3.63) is 0 Å². The molecule has 142 valence electrons. The van der Waals surface area contributed by atoms with Crippen LogP contribution in [0, 0.1) is 23.2 Å². The monoisotopic (exact) mass is 350 g/mol. The summed E-state index contributed by atoms with van der Waals surface area (Å²) in [7, 11) is 0. The van der Waals surface area contributed by atoms with Crippen molar-refractivity contribution in [3.63, 3.8) is 0 Å². The standard InChI is InChI=1S/C20H34N2O3/c1-19(2,3)15-11-16(23)22(18(15)25)12-13-7-9-14(10-8-13)17(24)21-20(4,5)6/h13-15H,7-12H2,1-6H3,(H,21,24). The van der Waals surface area contributed by atoms with Gasteiger partial charge in [0, 0.05) is 24.4 Å². The van der Waals surface area contributed by atoms with Crippen LogP contribution in [0.15, 0.2) is 0 Å². The average molecular weight is 351 g/mol. The molecular formula is C20H34N2O3. The lowest BCUT2D eigenvalue weighted by Gasteiger charge is -2.32. The Labute approximate surface area is 151 Å². The van der Waals surface area contributed by atoms with Gasteiger partial charge in [-0.3, -0.25) is 19.3 Å². The first-order chi connectivity index (χ1) is 11.4. The zero-order valence-corrected chi connectivity index (χ0v) is 16.6. The summed E-state index contributed by atoms with van der Waals surface area (Å²) in [6, 6.07) is 0. The van der Waals surface area contributed by atoms with Crippen LogP contribution < -0.4 is 5.32 Å². The quantitative estimate of drug-likeness (QED) is 0.795. The Morgan fingerprint density at radius 1 is 1.04 bits per heavy atom. The minimum Gasteiger partial charge on any atom is -0.351 e. The van der Waals surface area contributed by atoms with E-state index in [0.29, 0.717) is 18.9 Å². The molecule has 5 heteroatoms. The summed E-state index contributed by atoms with van der Waals surface area (Å²) in [6.07, 6.45) is 3.82. The van der Waals surface area contributed by atoms with Crippen molar-refractivity contribution in [1.29, 1.82) is 0 Å². The molecule has 1 unspecified atom stereocenters. The number of nitrogens with zero attached hydrogens (tertiary/aromatic N) is 1. The lowest BCUT2D eigenvalue weighted by atomic mass is 9.79. The molecule has 0 aromatic heterocycles. The Morgan fingerprint density at radius 2 is 1.60 bits per heavy atom. The average Bonchev–Trinajstić information content (AvgIpc) is 2.74. The van der Waals surface area contributed by atoms with Crippen LogP contribution in [-0.4, -0.2) is 34.7 Å². The zero-order chi connectivity index (χ0) is 19.0. The predicted molar refractivity (Wildman–Crippen MR) is 97.6 cm³/mol. The molecule has 0 spiro atoms. The van der Waals surface area contributed by atoms with Gasteiger partial charge in [0.1, 0.15) is 0 Å². The van der Waals surface area contributed by atoms with Gasteiger partial charge in [-0.2, -0.15) is 0 Å². The zero-order valence-electron chi connectivity index (χ0n) is 16.6. The smallest absolute Gasteiger partial charge is 0.233 e. The highest BCUT2D eigenvalue weighted by atomic mass is 16.2. The normalized spacial score (nSPS) is 28.4. The molecule has 3 amide bonds. The third kappa shape index (κ3) is 5.05. The molecule has 1 aliphatic heterocycles. The second kappa shape index (κ2) is 7.08. The van der Waals surface area contributed by atoms with Crippen LogP contribution in [0.5, 0.6) is 0 Å². The SMILES string of the molecule is CC(C)(C)NC(=O)C1CCC(CN2C(=O)CC(C(C)(C)C)C2=O)CC1. The minimum absolute atomic E-state index is 0.00917. The van der Waals surface area contributed by atoms with E-state index in [-0.39, 0.29) is 40.5 Å². The maximum atomic E-state index is 12.6. The van der Waals surface area contributed by atoms with E-state index in [9.17, 15) is 14.4 Å². The molecule has 1 atom stereocenters. The number of carbonyl (C=O) groups excluding carboxylic acids is 3. The van der Waals surface area contributed by atoms with Crippen LogP contribution in [0.25, 0.3) is 0 Å². The van der Waals surface area contributed by atoms with E-state index in [2.05, 4.69) is 5.32 Å². The van der Waals surface area contributed by atoms with E-state index in [0.717, 1.165) is 25.7 Å². The first-order valence-corrected chi connectivity index (χ1v) is 9.54. The minimum atomic E-state index is -0.204. The number of hydrogen-bond donors (Lipinski definition) is 1. The van der Waals surface area contributed by atoms with Crippen molar-refractivity contribution in [3.8, 4) is 0 Å². The van der Waals surface area contributed by atoms with Crippen LogP contribution in [-0.2, 0) is 14.4 Å². The maximum absolute atomic E-state index is 12.6. The number of amides is 3. The van der Waals surface area contributed by atoms with Crippen molar-refractivity contribution in [1.82, 2.24) is 10.2 Å². The number of rotatable bonds is 3. The van der Waals surface area contributed by atoms with Gasteiger partial charge in [-0.15, -0.1) is 0 Å². The lowest BCUT2D eigenvalue weighted by molar-refractivity contribution is -0.141. The summed E-state index contributed by atoms with van der Waals surface area (Å²) in [5, 5.41) is 3.06. The molecule has 1 saturated heterocycles. The summed E-state index contributed by atoms with van der Waals surface area (Å²) >= 11 is 0.